The highest BCUT2D eigenvalue weighted by molar-refractivity contribution is 6.09. The molecular weight excluding hydrogens is 348 g/mol. The van der Waals surface area contributed by atoms with E-state index in [2.05, 4.69) is 13.8 Å². The number of rotatable bonds is 5. The van der Waals surface area contributed by atoms with Crippen molar-refractivity contribution < 1.29 is 24.2 Å². The van der Waals surface area contributed by atoms with Crippen molar-refractivity contribution >= 4 is 23.5 Å². The standard InChI is InChI=1S/C20H26N2O5/c1-13(2)14-3-5-15(6-4-14)22-8-7-17(20(22)26)19(25)21-9-10-27-16(12-21)11-18(23)24/h3-6,13,16-17H,7-12H2,1-2H3,(H,23,24)/t16-,17-/m0/s1. The van der Waals surface area contributed by atoms with E-state index in [0.717, 1.165) is 5.69 Å². The molecule has 2 fully saturated rings. The van der Waals surface area contributed by atoms with Crippen LogP contribution in [0.3, 0.4) is 0 Å². The number of benzene rings is 1. The minimum absolute atomic E-state index is 0.142. The summed E-state index contributed by atoms with van der Waals surface area (Å²) in [5.74, 6) is -1.64. The van der Waals surface area contributed by atoms with Crippen LogP contribution in [-0.4, -0.2) is 60.1 Å². The van der Waals surface area contributed by atoms with Gasteiger partial charge in [-0.15, -0.1) is 0 Å². The summed E-state index contributed by atoms with van der Waals surface area (Å²) in [6.45, 7) is 5.65. The summed E-state index contributed by atoms with van der Waals surface area (Å²) in [7, 11) is 0. The fourth-order valence-electron chi connectivity index (χ4n) is 3.66. The van der Waals surface area contributed by atoms with Crippen LogP contribution in [0.4, 0.5) is 5.69 Å². The van der Waals surface area contributed by atoms with E-state index in [1.807, 2.05) is 24.3 Å². The van der Waals surface area contributed by atoms with E-state index >= 15 is 0 Å². The van der Waals surface area contributed by atoms with Crippen molar-refractivity contribution in [3.63, 3.8) is 0 Å². The molecule has 0 spiro atoms. The lowest BCUT2D eigenvalue weighted by Crippen LogP contribution is -2.49. The van der Waals surface area contributed by atoms with Crippen LogP contribution in [0.25, 0.3) is 0 Å². The third-order valence-corrected chi connectivity index (χ3v) is 5.23. The molecule has 2 amide bonds. The zero-order valence-corrected chi connectivity index (χ0v) is 15.8. The Labute approximate surface area is 158 Å². The number of morpholine rings is 1. The molecule has 0 bridgehead atoms. The molecule has 7 heteroatoms. The Morgan fingerprint density at radius 2 is 1.93 bits per heavy atom. The van der Waals surface area contributed by atoms with Crippen molar-refractivity contribution in [1.29, 1.82) is 0 Å². The second-order valence-electron chi connectivity index (χ2n) is 7.45. The maximum Gasteiger partial charge on any atom is 0.306 e. The average molecular weight is 374 g/mol. The van der Waals surface area contributed by atoms with Gasteiger partial charge in [-0.2, -0.15) is 0 Å². The van der Waals surface area contributed by atoms with Crippen molar-refractivity contribution in [3.8, 4) is 0 Å². The molecular formula is C20H26N2O5. The van der Waals surface area contributed by atoms with Gasteiger partial charge in [0.2, 0.25) is 11.8 Å². The van der Waals surface area contributed by atoms with E-state index in [1.54, 1.807) is 9.80 Å². The molecule has 27 heavy (non-hydrogen) atoms. The number of nitrogens with zero attached hydrogens (tertiary/aromatic N) is 2. The molecule has 2 heterocycles. The quantitative estimate of drug-likeness (QED) is 0.795. The highest BCUT2D eigenvalue weighted by Crippen LogP contribution is 2.28. The number of amides is 2. The lowest BCUT2D eigenvalue weighted by molar-refractivity contribution is -0.151. The molecule has 0 saturated carbocycles. The van der Waals surface area contributed by atoms with Crippen molar-refractivity contribution in [2.24, 2.45) is 5.92 Å². The third kappa shape index (κ3) is 4.30. The monoisotopic (exact) mass is 374 g/mol. The summed E-state index contributed by atoms with van der Waals surface area (Å²) < 4.78 is 5.41. The van der Waals surface area contributed by atoms with Crippen LogP contribution in [-0.2, 0) is 19.1 Å². The van der Waals surface area contributed by atoms with Gasteiger partial charge in [0, 0.05) is 25.3 Å². The van der Waals surface area contributed by atoms with Gasteiger partial charge in [-0.25, -0.2) is 0 Å². The molecule has 3 rings (SSSR count). The fraction of sp³-hybridized carbons (Fsp3) is 0.550. The van der Waals surface area contributed by atoms with E-state index in [9.17, 15) is 14.4 Å². The molecule has 1 aromatic rings. The Kier molecular flexibility index (Phi) is 5.79. The van der Waals surface area contributed by atoms with Gasteiger partial charge in [0.05, 0.1) is 19.1 Å². The topological polar surface area (TPSA) is 87.2 Å². The largest absolute Gasteiger partial charge is 0.481 e. The fourth-order valence-corrected chi connectivity index (χ4v) is 3.66. The summed E-state index contributed by atoms with van der Waals surface area (Å²) in [5, 5.41) is 8.91. The number of carbonyl (C=O) groups is 3. The van der Waals surface area contributed by atoms with Crippen LogP contribution in [0.5, 0.6) is 0 Å². The van der Waals surface area contributed by atoms with Crippen LogP contribution in [0.15, 0.2) is 24.3 Å². The van der Waals surface area contributed by atoms with Crippen molar-refractivity contribution in [1.82, 2.24) is 4.90 Å². The van der Waals surface area contributed by atoms with Crippen molar-refractivity contribution in [3.05, 3.63) is 29.8 Å². The van der Waals surface area contributed by atoms with Crippen LogP contribution >= 0.6 is 0 Å². The second kappa shape index (κ2) is 8.08. The molecule has 1 aromatic carbocycles. The minimum Gasteiger partial charge on any atom is -0.481 e. The Morgan fingerprint density at radius 1 is 1.22 bits per heavy atom. The van der Waals surface area contributed by atoms with Gasteiger partial charge >= 0.3 is 5.97 Å². The molecule has 1 N–H and O–H groups in total. The van der Waals surface area contributed by atoms with Crippen LogP contribution in [0, 0.1) is 5.92 Å². The molecule has 146 valence electrons. The predicted octanol–water partition coefficient (Wildman–Crippen LogP) is 1.86. The van der Waals surface area contributed by atoms with Crippen molar-refractivity contribution in [2.75, 3.05) is 31.1 Å². The molecule has 0 radical (unpaired) electrons. The first kappa shape index (κ1) is 19.4. The molecule has 0 unspecified atom stereocenters. The normalized spacial score (nSPS) is 23.1. The van der Waals surface area contributed by atoms with Crippen molar-refractivity contribution in [2.45, 2.75) is 38.7 Å². The zero-order valence-electron chi connectivity index (χ0n) is 15.8. The Morgan fingerprint density at radius 3 is 2.56 bits per heavy atom. The average Bonchev–Trinajstić information content (AvgIpc) is 3.02. The maximum absolute atomic E-state index is 12.8. The predicted molar refractivity (Wildman–Crippen MR) is 99.6 cm³/mol. The van der Waals surface area contributed by atoms with E-state index < -0.39 is 18.0 Å². The maximum atomic E-state index is 12.8. The number of hydrogen-bond donors (Lipinski definition) is 1. The lowest BCUT2D eigenvalue weighted by Gasteiger charge is -2.33. The second-order valence-corrected chi connectivity index (χ2v) is 7.45. The molecule has 2 aliphatic heterocycles. The number of aliphatic carboxylic acids is 1. The molecule has 0 aromatic heterocycles. The Balaban J connectivity index is 1.65. The van der Waals surface area contributed by atoms with Gasteiger partial charge in [-0.05, 0) is 30.0 Å². The Hall–Kier alpha value is -2.41. The summed E-state index contributed by atoms with van der Waals surface area (Å²) >= 11 is 0. The first-order chi connectivity index (χ1) is 12.9. The molecule has 0 aliphatic carbocycles. The lowest BCUT2D eigenvalue weighted by atomic mass is 10.0. The number of carboxylic acids is 1. The Bertz CT molecular complexity index is 716. The first-order valence-corrected chi connectivity index (χ1v) is 9.40. The number of hydrogen-bond acceptors (Lipinski definition) is 4. The third-order valence-electron chi connectivity index (χ3n) is 5.23. The van der Waals surface area contributed by atoms with Gasteiger partial charge in [0.15, 0.2) is 0 Å². The number of ether oxygens (including phenoxy) is 1. The van der Waals surface area contributed by atoms with Gasteiger partial charge in [0.25, 0.3) is 0 Å². The van der Waals surface area contributed by atoms with Gasteiger partial charge in [-0.3, -0.25) is 14.4 Å². The summed E-state index contributed by atoms with van der Waals surface area (Å²) in [6.07, 6.45) is -0.183. The molecule has 7 nitrogen and oxygen atoms in total. The van der Waals surface area contributed by atoms with E-state index in [4.69, 9.17) is 9.84 Å². The summed E-state index contributed by atoms with van der Waals surface area (Å²) in [6, 6.07) is 7.89. The van der Waals surface area contributed by atoms with Crippen LogP contribution in [0.2, 0.25) is 0 Å². The molecule has 2 aliphatic rings. The number of carboxylic acid groups (broad SMARTS) is 1. The highest BCUT2D eigenvalue weighted by Gasteiger charge is 2.41. The van der Waals surface area contributed by atoms with E-state index in [-0.39, 0.29) is 24.8 Å². The summed E-state index contributed by atoms with van der Waals surface area (Å²) in [5.41, 5.74) is 2.02. The molecule has 2 saturated heterocycles. The number of carbonyl (C=O) groups excluding carboxylic acids is 2. The van der Waals surface area contributed by atoms with Crippen LogP contribution < -0.4 is 4.90 Å². The number of anilines is 1. The van der Waals surface area contributed by atoms with Gasteiger partial charge < -0.3 is 19.6 Å². The van der Waals surface area contributed by atoms with E-state index in [0.29, 0.717) is 32.0 Å². The summed E-state index contributed by atoms with van der Waals surface area (Å²) in [4.78, 5) is 39.8. The minimum atomic E-state index is -0.956. The van der Waals surface area contributed by atoms with Gasteiger partial charge in [0.1, 0.15) is 5.92 Å². The first-order valence-electron chi connectivity index (χ1n) is 9.40. The van der Waals surface area contributed by atoms with E-state index in [1.165, 1.54) is 5.56 Å². The highest BCUT2D eigenvalue weighted by atomic mass is 16.5. The smallest absolute Gasteiger partial charge is 0.306 e. The molecule has 2 atom stereocenters. The van der Waals surface area contributed by atoms with Gasteiger partial charge in [-0.1, -0.05) is 26.0 Å². The zero-order chi connectivity index (χ0) is 19.6. The SMILES string of the molecule is CC(C)c1ccc(N2CC[C@@H](C(=O)N3CCO[C@@H](CC(=O)O)C3)C2=O)cc1. The van der Waals surface area contributed by atoms with Crippen LogP contribution in [0.1, 0.15) is 38.2 Å².